The Hall–Kier alpha value is -3.03. The number of hydrogen-bond acceptors (Lipinski definition) is 5. The van der Waals surface area contributed by atoms with E-state index in [0.29, 0.717) is 22.2 Å². The molecule has 1 N–H and O–H groups in total. The molecule has 3 rings (SSSR count). The quantitative estimate of drug-likeness (QED) is 0.656. The molecule has 7 heteroatoms. The van der Waals surface area contributed by atoms with Crippen molar-refractivity contribution in [1.29, 1.82) is 0 Å². The number of aromatic nitrogens is 2. The molecule has 1 amide bonds. The second kappa shape index (κ2) is 8.38. The van der Waals surface area contributed by atoms with Crippen molar-refractivity contribution in [1.82, 2.24) is 19.9 Å². The van der Waals surface area contributed by atoms with Crippen LogP contribution in [0.1, 0.15) is 42.3 Å². The number of carbonyl (C=O) groups is 1. The second-order valence-corrected chi connectivity index (χ2v) is 8.43. The van der Waals surface area contributed by atoms with Gasteiger partial charge in [0.15, 0.2) is 0 Å². The Balaban J connectivity index is 2.08. The van der Waals surface area contributed by atoms with E-state index in [2.05, 4.69) is 43.2 Å². The smallest absolute Gasteiger partial charge is 0.274 e. The molecule has 0 aliphatic rings. The van der Waals surface area contributed by atoms with Crippen LogP contribution < -0.4 is 11.0 Å². The average Bonchev–Trinajstić information content (AvgIpc) is 2.69. The summed E-state index contributed by atoms with van der Waals surface area (Å²) in [5.74, 6) is -0.381. The van der Waals surface area contributed by atoms with Gasteiger partial charge in [-0.1, -0.05) is 12.1 Å². The summed E-state index contributed by atoms with van der Waals surface area (Å²) in [4.78, 5) is 36.8. The maximum Gasteiger partial charge on any atom is 0.274 e. The first-order valence-corrected chi connectivity index (χ1v) is 9.77. The van der Waals surface area contributed by atoms with Gasteiger partial charge < -0.3 is 0 Å². The van der Waals surface area contributed by atoms with E-state index < -0.39 is 0 Å². The summed E-state index contributed by atoms with van der Waals surface area (Å²) in [7, 11) is 3.44. The number of nitrogens with zero attached hydrogens (tertiary/aromatic N) is 3. The van der Waals surface area contributed by atoms with Gasteiger partial charge in [-0.3, -0.25) is 23.9 Å². The Morgan fingerprint density at radius 2 is 1.93 bits per heavy atom. The average molecular weight is 409 g/mol. The van der Waals surface area contributed by atoms with Crippen LogP contribution in [-0.4, -0.2) is 40.1 Å². The van der Waals surface area contributed by atoms with Crippen molar-refractivity contribution in [2.24, 2.45) is 0 Å². The molecule has 3 aromatic rings. The van der Waals surface area contributed by atoms with Crippen LogP contribution in [0, 0.1) is 6.92 Å². The van der Waals surface area contributed by atoms with Crippen molar-refractivity contribution in [3.05, 3.63) is 69.8 Å². The molecule has 0 saturated heterocycles. The van der Waals surface area contributed by atoms with Crippen LogP contribution >= 0.6 is 0 Å². The summed E-state index contributed by atoms with van der Waals surface area (Å²) in [6, 6.07) is 10.9. The maximum absolute atomic E-state index is 13.3. The molecule has 0 atom stereocenters. The van der Waals surface area contributed by atoms with E-state index >= 15 is 0 Å². The number of carbonyl (C=O) groups excluding carboxylic acids is 1. The van der Waals surface area contributed by atoms with Gasteiger partial charge >= 0.3 is 0 Å². The highest BCUT2D eigenvalue weighted by Gasteiger charge is 2.18. The van der Waals surface area contributed by atoms with E-state index in [1.165, 1.54) is 18.0 Å². The molecule has 2 aromatic carbocycles. The fraction of sp³-hybridized carbons (Fsp3) is 0.348. The molecule has 0 radical (unpaired) electrons. The lowest BCUT2D eigenvalue weighted by atomic mass is 10.0. The van der Waals surface area contributed by atoms with Gasteiger partial charge in [0.2, 0.25) is 0 Å². The van der Waals surface area contributed by atoms with Crippen LogP contribution in [0.3, 0.4) is 0 Å². The van der Waals surface area contributed by atoms with Crippen molar-refractivity contribution in [3.8, 4) is 5.69 Å². The summed E-state index contributed by atoms with van der Waals surface area (Å²) in [5, 5.41) is 0.545. The molecule has 158 valence electrons. The molecule has 0 bridgehead atoms. The van der Waals surface area contributed by atoms with Crippen LogP contribution in [0.2, 0.25) is 0 Å². The number of hydrogen-bond donors (Lipinski definition) is 1. The Labute approximate surface area is 176 Å². The third-order valence-corrected chi connectivity index (χ3v) is 5.31. The Bertz CT molecular complexity index is 1150. The molecule has 0 spiro atoms. The summed E-state index contributed by atoms with van der Waals surface area (Å²) in [5.41, 5.74) is 5.68. The maximum atomic E-state index is 13.3. The summed E-state index contributed by atoms with van der Waals surface area (Å²) in [6.45, 7) is 9.06. The van der Waals surface area contributed by atoms with Crippen LogP contribution in [-0.2, 0) is 11.4 Å². The van der Waals surface area contributed by atoms with Crippen molar-refractivity contribution < 1.29 is 9.63 Å². The summed E-state index contributed by atoms with van der Waals surface area (Å²) < 4.78 is 1.48. The monoisotopic (exact) mass is 408 g/mol. The fourth-order valence-electron chi connectivity index (χ4n) is 3.11. The molecule has 1 aromatic heterocycles. The Morgan fingerprint density at radius 3 is 2.60 bits per heavy atom. The molecule has 30 heavy (non-hydrogen) atoms. The molecule has 0 aliphatic heterocycles. The molecule has 0 aliphatic carbocycles. The van der Waals surface area contributed by atoms with Crippen molar-refractivity contribution in [2.75, 3.05) is 14.2 Å². The van der Waals surface area contributed by atoms with Crippen LogP contribution in [0.5, 0.6) is 0 Å². The molecular weight excluding hydrogens is 380 g/mol. The number of amides is 1. The van der Waals surface area contributed by atoms with Crippen LogP contribution in [0.15, 0.2) is 47.5 Å². The number of rotatable bonds is 5. The predicted octanol–water partition coefficient (Wildman–Crippen LogP) is 3.22. The van der Waals surface area contributed by atoms with Gasteiger partial charge in [-0.15, -0.1) is 0 Å². The minimum atomic E-state index is -0.381. The SMILES string of the molecule is CONC(=O)c1ccc(C)c(-n2cnc3ccc(CN(C)C(C)(C)C)cc3c2=O)c1. The van der Waals surface area contributed by atoms with Gasteiger partial charge in [0, 0.05) is 17.6 Å². The third kappa shape index (κ3) is 4.42. The highest BCUT2D eigenvalue weighted by molar-refractivity contribution is 5.94. The predicted molar refractivity (Wildman–Crippen MR) is 118 cm³/mol. The number of benzene rings is 2. The Morgan fingerprint density at radius 1 is 1.20 bits per heavy atom. The van der Waals surface area contributed by atoms with Crippen molar-refractivity contribution >= 4 is 16.8 Å². The zero-order valence-electron chi connectivity index (χ0n) is 18.3. The zero-order valence-corrected chi connectivity index (χ0v) is 18.3. The first kappa shape index (κ1) is 21.7. The lowest BCUT2D eigenvalue weighted by molar-refractivity contribution is 0.0537. The van der Waals surface area contributed by atoms with Crippen molar-refractivity contribution in [2.45, 2.75) is 39.8 Å². The first-order chi connectivity index (χ1) is 14.1. The van der Waals surface area contributed by atoms with E-state index in [-0.39, 0.29) is 17.0 Å². The highest BCUT2D eigenvalue weighted by Crippen LogP contribution is 2.19. The number of hydroxylamine groups is 1. The number of aryl methyl sites for hydroxylation is 1. The lowest BCUT2D eigenvalue weighted by Crippen LogP contribution is -2.37. The zero-order chi connectivity index (χ0) is 22.1. The molecule has 0 fully saturated rings. The highest BCUT2D eigenvalue weighted by atomic mass is 16.6. The lowest BCUT2D eigenvalue weighted by Gasteiger charge is -2.31. The van der Waals surface area contributed by atoms with E-state index in [0.717, 1.165) is 17.7 Å². The minimum absolute atomic E-state index is 0.0183. The van der Waals surface area contributed by atoms with Crippen LogP contribution in [0.25, 0.3) is 16.6 Å². The molecule has 1 heterocycles. The van der Waals surface area contributed by atoms with Gasteiger partial charge in [-0.25, -0.2) is 10.5 Å². The summed E-state index contributed by atoms with van der Waals surface area (Å²) >= 11 is 0. The van der Waals surface area contributed by atoms with Gasteiger partial charge in [-0.05, 0) is 70.1 Å². The summed E-state index contributed by atoms with van der Waals surface area (Å²) in [6.07, 6.45) is 1.51. The van der Waals surface area contributed by atoms with E-state index in [4.69, 9.17) is 4.84 Å². The van der Waals surface area contributed by atoms with Gasteiger partial charge in [0.1, 0.15) is 6.33 Å². The minimum Gasteiger partial charge on any atom is -0.297 e. The van der Waals surface area contributed by atoms with E-state index in [9.17, 15) is 9.59 Å². The van der Waals surface area contributed by atoms with Gasteiger partial charge in [0.25, 0.3) is 11.5 Å². The fourth-order valence-corrected chi connectivity index (χ4v) is 3.11. The number of nitrogens with one attached hydrogen (secondary N) is 1. The largest absolute Gasteiger partial charge is 0.297 e. The van der Waals surface area contributed by atoms with E-state index in [1.807, 2.05) is 25.1 Å². The third-order valence-electron chi connectivity index (χ3n) is 5.31. The molecule has 0 saturated carbocycles. The Kier molecular flexibility index (Phi) is 6.05. The topological polar surface area (TPSA) is 76.5 Å². The van der Waals surface area contributed by atoms with Gasteiger partial charge in [0.05, 0.1) is 23.7 Å². The normalized spacial score (nSPS) is 11.8. The van der Waals surface area contributed by atoms with E-state index in [1.54, 1.807) is 18.2 Å². The van der Waals surface area contributed by atoms with Gasteiger partial charge in [-0.2, -0.15) is 0 Å². The first-order valence-electron chi connectivity index (χ1n) is 9.77. The molecule has 0 unspecified atom stereocenters. The number of fused-ring (bicyclic) bond motifs is 1. The van der Waals surface area contributed by atoms with Crippen molar-refractivity contribution in [3.63, 3.8) is 0 Å². The second-order valence-electron chi connectivity index (χ2n) is 8.43. The molecular formula is C23H28N4O3. The molecule has 7 nitrogen and oxygen atoms in total. The van der Waals surface area contributed by atoms with Crippen LogP contribution in [0.4, 0.5) is 0 Å². The standard InChI is InChI=1S/C23H28N4O3/c1-15-7-9-17(21(28)25-30-6)12-20(15)27-14-24-19-10-8-16(11-18(19)22(27)29)13-26(5)23(2,3)4/h7-12,14H,13H2,1-6H3,(H,25,28).